The van der Waals surface area contributed by atoms with Gasteiger partial charge in [0.2, 0.25) is 11.8 Å². The van der Waals surface area contributed by atoms with Gasteiger partial charge in [-0.1, -0.05) is 0 Å². The average molecular weight is 282 g/mol. The molecule has 1 saturated heterocycles. The summed E-state index contributed by atoms with van der Waals surface area (Å²) >= 11 is 0. The number of amides is 1. The van der Waals surface area contributed by atoms with Crippen LogP contribution < -0.4 is 4.90 Å². The van der Waals surface area contributed by atoms with E-state index in [1.807, 2.05) is 4.90 Å². The summed E-state index contributed by atoms with van der Waals surface area (Å²) in [5.41, 5.74) is 0. The lowest BCUT2D eigenvalue weighted by Gasteiger charge is -2.46. The quantitative estimate of drug-likeness (QED) is 0.835. The Morgan fingerprint density at radius 2 is 2.10 bits per heavy atom. The van der Waals surface area contributed by atoms with Gasteiger partial charge in [0.15, 0.2) is 0 Å². The zero-order valence-corrected chi connectivity index (χ0v) is 11.2. The molecule has 2 fully saturated rings. The van der Waals surface area contributed by atoms with Crippen LogP contribution in [0, 0.1) is 5.92 Å². The van der Waals surface area contributed by atoms with E-state index >= 15 is 0 Å². The molecule has 0 atom stereocenters. The number of hydrogen-bond acceptors (Lipinski definition) is 4. The third kappa shape index (κ3) is 2.32. The van der Waals surface area contributed by atoms with Crippen molar-refractivity contribution in [2.45, 2.75) is 24.8 Å². The molecule has 1 saturated carbocycles. The van der Waals surface area contributed by atoms with Gasteiger partial charge in [-0.2, -0.15) is 0 Å². The van der Waals surface area contributed by atoms with Gasteiger partial charge in [0.1, 0.15) is 5.82 Å². The Kier molecular flexibility index (Phi) is 3.07. The van der Waals surface area contributed by atoms with Gasteiger partial charge in [-0.15, -0.1) is 0 Å². The van der Waals surface area contributed by atoms with Crippen LogP contribution in [-0.2, 0) is 4.79 Å². The minimum atomic E-state index is -2.65. The van der Waals surface area contributed by atoms with Gasteiger partial charge in [-0.3, -0.25) is 9.78 Å². The van der Waals surface area contributed by atoms with Crippen molar-refractivity contribution in [3.8, 4) is 0 Å². The summed E-state index contributed by atoms with van der Waals surface area (Å²) in [6.07, 6.45) is 4.28. The van der Waals surface area contributed by atoms with Crippen LogP contribution in [0.2, 0.25) is 0 Å². The normalized spacial score (nSPS) is 22.1. The van der Waals surface area contributed by atoms with Crippen molar-refractivity contribution in [3.63, 3.8) is 0 Å². The SMILES string of the molecule is CN(C(=O)C1CC(F)(F)C1)C1CN(c2cnccn2)C1. The minimum Gasteiger partial charge on any atom is -0.351 e. The highest BCUT2D eigenvalue weighted by molar-refractivity contribution is 5.80. The molecule has 1 aliphatic heterocycles. The monoisotopic (exact) mass is 282 g/mol. The van der Waals surface area contributed by atoms with E-state index in [0.717, 1.165) is 5.82 Å². The number of alkyl halides is 2. The lowest BCUT2D eigenvalue weighted by Crippen LogP contribution is -2.62. The Morgan fingerprint density at radius 3 is 2.65 bits per heavy atom. The highest BCUT2D eigenvalue weighted by Crippen LogP contribution is 2.43. The molecule has 5 nitrogen and oxygen atoms in total. The number of aromatic nitrogens is 2. The summed E-state index contributed by atoms with van der Waals surface area (Å²) in [6, 6.07) is 0.0683. The molecule has 1 aromatic heterocycles. The zero-order valence-electron chi connectivity index (χ0n) is 11.2. The Morgan fingerprint density at radius 1 is 1.40 bits per heavy atom. The molecule has 108 valence electrons. The molecule has 0 unspecified atom stereocenters. The van der Waals surface area contributed by atoms with Gasteiger partial charge in [0.25, 0.3) is 0 Å². The lowest BCUT2D eigenvalue weighted by atomic mass is 9.80. The van der Waals surface area contributed by atoms with Gasteiger partial charge in [0, 0.05) is 51.3 Å². The van der Waals surface area contributed by atoms with E-state index in [2.05, 4.69) is 9.97 Å². The maximum atomic E-state index is 12.8. The van der Waals surface area contributed by atoms with Gasteiger partial charge in [-0.05, 0) is 0 Å². The first-order chi connectivity index (χ1) is 9.46. The van der Waals surface area contributed by atoms with Crippen molar-refractivity contribution in [1.29, 1.82) is 0 Å². The minimum absolute atomic E-state index is 0.0683. The van der Waals surface area contributed by atoms with E-state index in [9.17, 15) is 13.6 Å². The van der Waals surface area contributed by atoms with Crippen molar-refractivity contribution in [1.82, 2.24) is 14.9 Å². The molecule has 0 radical (unpaired) electrons. The maximum absolute atomic E-state index is 12.8. The molecule has 2 aliphatic rings. The molecular formula is C13H16F2N4O. The van der Waals surface area contributed by atoms with Crippen LogP contribution in [0.1, 0.15) is 12.8 Å². The van der Waals surface area contributed by atoms with E-state index in [1.165, 1.54) is 0 Å². The van der Waals surface area contributed by atoms with E-state index in [4.69, 9.17) is 0 Å². The van der Waals surface area contributed by atoms with Crippen LogP contribution in [0.4, 0.5) is 14.6 Å². The number of anilines is 1. The summed E-state index contributed by atoms with van der Waals surface area (Å²) in [5, 5.41) is 0. The fourth-order valence-electron chi connectivity index (χ4n) is 2.65. The zero-order chi connectivity index (χ0) is 14.3. The summed E-state index contributed by atoms with van der Waals surface area (Å²) < 4.78 is 25.6. The molecule has 20 heavy (non-hydrogen) atoms. The fraction of sp³-hybridized carbons (Fsp3) is 0.615. The van der Waals surface area contributed by atoms with Gasteiger partial charge >= 0.3 is 0 Å². The van der Waals surface area contributed by atoms with Crippen LogP contribution >= 0.6 is 0 Å². The third-order valence-corrected chi connectivity index (χ3v) is 4.07. The topological polar surface area (TPSA) is 49.3 Å². The van der Waals surface area contributed by atoms with E-state index < -0.39 is 11.8 Å². The largest absolute Gasteiger partial charge is 0.351 e. The molecule has 2 heterocycles. The van der Waals surface area contributed by atoms with Crippen molar-refractivity contribution >= 4 is 11.7 Å². The molecule has 3 rings (SSSR count). The van der Waals surface area contributed by atoms with Crippen LogP contribution in [-0.4, -0.2) is 52.9 Å². The van der Waals surface area contributed by atoms with E-state index in [1.54, 1.807) is 30.5 Å². The van der Waals surface area contributed by atoms with Crippen LogP contribution in [0.15, 0.2) is 18.6 Å². The average Bonchev–Trinajstić information content (AvgIpc) is 2.34. The lowest BCUT2D eigenvalue weighted by molar-refractivity contribution is -0.160. The number of likely N-dealkylation sites (N-methyl/N-ethyl adjacent to an activating group) is 1. The molecule has 0 aromatic carbocycles. The van der Waals surface area contributed by atoms with E-state index in [-0.39, 0.29) is 24.8 Å². The molecule has 7 heteroatoms. The molecule has 0 bridgehead atoms. The van der Waals surface area contributed by atoms with E-state index in [0.29, 0.717) is 13.1 Å². The first-order valence-electron chi connectivity index (χ1n) is 6.62. The predicted octanol–water partition coefficient (Wildman–Crippen LogP) is 1.17. The Hall–Kier alpha value is -1.79. The van der Waals surface area contributed by atoms with Crippen LogP contribution in [0.5, 0.6) is 0 Å². The third-order valence-electron chi connectivity index (χ3n) is 4.07. The Balaban J connectivity index is 1.51. The highest BCUT2D eigenvalue weighted by Gasteiger charge is 2.50. The standard InChI is InChI=1S/C13H16F2N4O/c1-18(12(20)9-4-13(14,15)5-9)10-7-19(8-10)11-6-16-2-3-17-11/h2-3,6,9-10H,4-5,7-8H2,1H3. The molecular weight excluding hydrogens is 266 g/mol. The molecule has 1 aliphatic carbocycles. The Labute approximate surface area is 115 Å². The second-order valence-electron chi connectivity index (χ2n) is 5.53. The predicted molar refractivity (Wildman–Crippen MR) is 68.5 cm³/mol. The maximum Gasteiger partial charge on any atom is 0.249 e. The summed E-state index contributed by atoms with van der Waals surface area (Å²) in [4.78, 5) is 23.8. The van der Waals surface area contributed by atoms with Gasteiger partial charge < -0.3 is 9.80 Å². The van der Waals surface area contributed by atoms with Crippen LogP contribution in [0.25, 0.3) is 0 Å². The summed E-state index contributed by atoms with van der Waals surface area (Å²) in [5.74, 6) is -2.55. The fourth-order valence-corrected chi connectivity index (χ4v) is 2.65. The van der Waals surface area contributed by atoms with Crippen molar-refractivity contribution < 1.29 is 13.6 Å². The number of hydrogen-bond donors (Lipinski definition) is 0. The summed E-state index contributed by atoms with van der Waals surface area (Å²) in [6.45, 7) is 1.34. The summed E-state index contributed by atoms with van der Waals surface area (Å²) in [7, 11) is 1.69. The second kappa shape index (κ2) is 4.64. The number of carbonyl (C=O) groups is 1. The van der Waals surface area contributed by atoms with Crippen LogP contribution in [0.3, 0.4) is 0 Å². The van der Waals surface area contributed by atoms with Gasteiger partial charge in [-0.25, -0.2) is 13.8 Å². The van der Waals surface area contributed by atoms with Crippen molar-refractivity contribution in [2.24, 2.45) is 5.92 Å². The number of halogens is 2. The smallest absolute Gasteiger partial charge is 0.249 e. The van der Waals surface area contributed by atoms with Crippen molar-refractivity contribution in [2.75, 3.05) is 25.0 Å². The highest BCUT2D eigenvalue weighted by atomic mass is 19.3. The first kappa shape index (κ1) is 13.2. The second-order valence-corrected chi connectivity index (χ2v) is 5.53. The molecule has 1 aromatic rings. The molecule has 0 spiro atoms. The Bertz CT molecular complexity index is 496. The number of rotatable bonds is 3. The van der Waals surface area contributed by atoms with Gasteiger partial charge in [0.05, 0.1) is 12.2 Å². The molecule has 1 amide bonds. The van der Waals surface area contributed by atoms with Crippen molar-refractivity contribution in [3.05, 3.63) is 18.6 Å². The number of nitrogens with zero attached hydrogens (tertiary/aromatic N) is 4. The molecule has 0 N–H and O–H groups in total. The first-order valence-corrected chi connectivity index (χ1v) is 6.62. The number of carbonyl (C=O) groups excluding carboxylic acids is 1.